The number of carboxylic acids is 1. The van der Waals surface area contributed by atoms with Gasteiger partial charge in [-0.05, 0) is 59.7 Å². The van der Waals surface area contributed by atoms with Crippen molar-refractivity contribution in [2.45, 2.75) is 38.1 Å². The SMILES string of the molecule is CC1CCC(NC(=O)c2ccc(Br)o2)(C(=O)O)CC1. The van der Waals surface area contributed by atoms with Gasteiger partial charge in [-0.25, -0.2) is 4.79 Å². The summed E-state index contributed by atoms with van der Waals surface area (Å²) < 4.78 is 5.59. The number of nitrogens with one attached hydrogen (secondary N) is 1. The van der Waals surface area contributed by atoms with E-state index < -0.39 is 17.4 Å². The van der Waals surface area contributed by atoms with Crippen molar-refractivity contribution in [3.63, 3.8) is 0 Å². The minimum absolute atomic E-state index is 0.117. The maximum atomic E-state index is 12.0. The molecule has 0 bridgehead atoms. The number of carbonyl (C=O) groups excluding carboxylic acids is 1. The zero-order valence-electron chi connectivity index (χ0n) is 10.6. The Bertz CT molecular complexity index is 489. The Balaban J connectivity index is 2.13. The summed E-state index contributed by atoms with van der Waals surface area (Å²) in [6, 6.07) is 3.12. The summed E-state index contributed by atoms with van der Waals surface area (Å²) in [7, 11) is 0. The van der Waals surface area contributed by atoms with Crippen LogP contribution in [0.25, 0.3) is 0 Å². The zero-order valence-corrected chi connectivity index (χ0v) is 12.2. The van der Waals surface area contributed by atoms with Gasteiger partial charge >= 0.3 is 5.97 Å². The lowest BCUT2D eigenvalue weighted by atomic mass is 9.77. The first-order valence-corrected chi connectivity index (χ1v) is 7.03. The first-order valence-electron chi connectivity index (χ1n) is 6.24. The second-order valence-corrected chi connectivity index (χ2v) is 5.91. The van der Waals surface area contributed by atoms with Gasteiger partial charge in [0, 0.05) is 0 Å². The molecular formula is C13H16BrNO4. The van der Waals surface area contributed by atoms with E-state index in [4.69, 9.17) is 4.42 Å². The predicted molar refractivity (Wildman–Crippen MR) is 71.9 cm³/mol. The van der Waals surface area contributed by atoms with E-state index in [1.165, 1.54) is 6.07 Å². The van der Waals surface area contributed by atoms with Crippen molar-refractivity contribution < 1.29 is 19.1 Å². The van der Waals surface area contributed by atoms with Crippen molar-refractivity contribution in [3.05, 3.63) is 22.6 Å². The number of carbonyl (C=O) groups is 2. The van der Waals surface area contributed by atoms with E-state index in [0.29, 0.717) is 23.4 Å². The van der Waals surface area contributed by atoms with Gasteiger partial charge in [-0.1, -0.05) is 6.92 Å². The second-order valence-electron chi connectivity index (χ2n) is 5.13. The predicted octanol–water partition coefficient (Wildman–Crippen LogP) is 2.81. The molecule has 0 radical (unpaired) electrons. The Kier molecular flexibility index (Phi) is 3.99. The number of carboxylic acid groups (broad SMARTS) is 1. The maximum Gasteiger partial charge on any atom is 0.329 e. The molecule has 1 aromatic heterocycles. The van der Waals surface area contributed by atoms with Gasteiger partial charge in [0.05, 0.1) is 0 Å². The molecule has 0 saturated heterocycles. The highest BCUT2D eigenvalue weighted by Crippen LogP contribution is 2.32. The third-order valence-electron chi connectivity index (χ3n) is 3.69. The highest BCUT2D eigenvalue weighted by atomic mass is 79.9. The number of halogens is 1. The van der Waals surface area contributed by atoms with E-state index >= 15 is 0 Å². The van der Waals surface area contributed by atoms with Gasteiger partial charge in [-0.2, -0.15) is 0 Å². The molecule has 19 heavy (non-hydrogen) atoms. The molecule has 1 heterocycles. The van der Waals surface area contributed by atoms with E-state index in [-0.39, 0.29) is 5.76 Å². The highest BCUT2D eigenvalue weighted by Gasteiger charge is 2.43. The molecule has 0 aliphatic heterocycles. The number of aliphatic carboxylic acids is 1. The average molecular weight is 330 g/mol. The highest BCUT2D eigenvalue weighted by molar-refractivity contribution is 9.10. The Labute approximate surface area is 119 Å². The van der Waals surface area contributed by atoms with Gasteiger partial charge in [0.1, 0.15) is 5.54 Å². The smallest absolute Gasteiger partial charge is 0.329 e. The van der Waals surface area contributed by atoms with Crippen LogP contribution in [0.2, 0.25) is 0 Å². The second kappa shape index (κ2) is 5.36. The standard InChI is InChI=1S/C13H16BrNO4/c1-8-4-6-13(7-5-8,12(17)18)15-11(16)9-2-3-10(14)19-9/h2-3,8H,4-7H2,1H3,(H,15,16)(H,17,18). The van der Waals surface area contributed by atoms with Gasteiger partial charge in [-0.3, -0.25) is 4.79 Å². The molecular weight excluding hydrogens is 314 g/mol. The molecule has 6 heteroatoms. The van der Waals surface area contributed by atoms with Crippen LogP contribution >= 0.6 is 15.9 Å². The van der Waals surface area contributed by atoms with Crippen LogP contribution in [0.1, 0.15) is 43.2 Å². The summed E-state index contributed by atoms with van der Waals surface area (Å²) in [5.74, 6) is -0.839. The lowest BCUT2D eigenvalue weighted by Crippen LogP contribution is -2.56. The zero-order chi connectivity index (χ0) is 14.0. The topological polar surface area (TPSA) is 79.5 Å². The van der Waals surface area contributed by atoms with Crippen molar-refractivity contribution in [1.29, 1.82) is 0 Å². The minimum Gasteiger partial charge on any atom is -0.480 e. The number of amides is 1. The van der Waals surface area contributed by atoms with Crippen LogP contribution < -0.4 is 5.32 Å². The minimum atomic E-state index is -1.16. The van der Waals surface area contributed by atoms with Crippen LogP contribution in [-0.2, 0) is 4.79 Å². The van der Waals surface area contributed by atoms with E-state index in [1.807, 2.05) is 0 Å². The summed E-state index contributed by atoms with van der Waals surface area (Å²) in [4.78, 5) is 23.5. The fraction of sp³-hybridized carbons (Fsp3) is 0.538. The van der Waals surface area contributed by atoms with E-state index in [2.05, 4.69) is 28.2 Å². The summed E-state index contributed by atoms with van der Waals surface area (Å²) in [5, 5.41) is 12.1. The van der Waals surface area contributed by atoms with Crippen molar-refractivity contribution in [3.8, 4) is 0 Å². The Morgan fingerprint density at radius 3 is 2.53 bits per heavy atom. The van der Waals surface area contributed by atoms with E-state index in [0.717, 1.165) is 12.8 Å². The first-order chi connectivity index (χ1) is 8.93. The van der Waals surface area contributed by atoms with Gasteiger partial charge in [-0.15, -0.1) is 0 Å². The molecule has 1 fully saturated rings. The molecule has 5 nitrogen and oxygen atoms in total. The van der Waals surface area contributed by atoms with E-state index in [1.54, 1.807) is 6.07 Å². The van der Waals surface area contributed by atoms with Crippen molar-refractivity contribution in [1.82, 2.24) is 5.32 Å². The lowest BCUT2D eigenvalue weighted by molar-refractivity contribution is -0.146. The van der Waals surface area contributed by atoms with Gasteiger partial charge in [0.25, 0.3) is 5.91 Å². The molecule has 1 aromatic rings. The summed E-state index contributed by atoms with van der Waals surface area (Å²) in [6.07, 6.45) is 2.51. The van der Waals surface area contributed by atoms with Crippen molar-refractivity contribution >= 4 is 27.8 Å². The molecule has 0 spiro atoms. The molecule has 104 valence electrons. The first kappa shape index (κ1) is 14.1. The Morgan fingerprint density at radius 1 is 1.42 bits per heavy atom. The van der Waals surface area contributed by atoms with Crippen LogP contribution in [0.15, 0.2) is 21.2 Å². The Morgan fingerprint density at radius 2 is 2.05 bits per heavy atom. The third kappa shape index (κ3) is 3.00. The molecule has 0 unspecified atom stereocenters. The lowest BCUT2D eigenvalue weighted by Gasteiger charge is -2.36. The number of rotatable bonds is 3. The average Bonchev–Trinajstić information content (AvgIpc) is 2.79. The van der Waals surface area contributed by atoms with Gasteiger partial charge in [0.2, 0.25) is 0 Å². The normalized spacial score (nSPS) is 26.9. The molecule has 1 amide bonds. The number of hydrogen-bond donors (Lipinski definition) is 2. The maximum absolute atomic E-state index is 12.0. The Hall–Kier alpha value is -1.30. The van der Waals surface area contributed by atoms with Crippen molar-refractivity contribution in [2.24, 2.45) is 5.92 Å². The van der Waals surface area contributed by atoms with Crippen LogP contribution in [0, 0.1) is 5.92 Å². The molecule has 2 N–H and O–H groups in total. The number of furan rings is 1. The molecule has 2 rings (SSSR count). The van der Waals surface area contributed by atoms with Crippen LogP contribution in [-0.4, -0.2) is 22.5 Å². The van der Waals surface area contributed by atoms with Crippen LogP contribution in [0.5, 0.6) is 0 Å². The van der Waals surface area contributed by atoms with Crippen LogP contribution in [0.4, 0.5) is 0 Å². The fourth-order valence-electron chi connectivity index (χ4n) is 2.36. The molecule has 0 atom stereocenters. The summed E-state index contributed by atoms with van der Waals surface area (Å²) in [6.45, 7) is 2.09. The summed E-state index contributed by atoms with van der Waals surface area (Å²) >= 11 is 3.11. The molecule has 1 aliphatic rings. The quantitative estimate of drug-likeness (QED) is 0.893. The number of hydrogen-bond acceptors (Lipinski definition) is 3. The van der Waals surface area contributed by atoms with Gasteiger partial charge in [0.15, 0.2) is 10.4 Å². The van der Waals surface area contributed by atoms with E-state index in [9.17, 15) is 14.7 Å². The third-order valence-corrected chi connectivity index (χ3v) is 4.11. The van der Waals surface area contributed by atoms with Gasteiger partial charge < -0.3 is 14.8 Å². The molecule has 1 aliphatic carbocycles. The molecule has 0 aromatic carbocycles. The fourth-order valence-corrected chi connectivity index (χ4v) is 2.67. The summed E-state index contributed by atoms with van der Waals surface area (Å²) in [5.41, 5.74) is -1.16. The largest absolute Gasteiger partial charge is 0.480 e. The monoisotopic (exact) mass is 329 g/mol. The molecule has 1 saturated carbocycles. The van der Waals surface area contributed by atoms with Crippen molar-refractivity contribution in [2.75, 3.05) is 0 Å². The van der Waals surface area contributed by atoms with Crippen LogP contribution in [0.3, 0.4) is 0 Å².